The van der Waals surface area contributed by atoms with Crippen molar-refractivity contribution >= 4 is 73.0 Å². The Balaban J connectivity index is 0.00000403. The van der Waals surface area contributed by atoms with Gasteiger partial charge >= 0.3 is 17.7 Å². The van der Waals surface area contributed by atoms with Gasteiger partial charge in [-0.1, -0.05) is 37.4 Å². The highest BCUT2D eigenvalue weighted by molar-refractivity contribution is 7.86. The van der Waals surface area contributed by atoms with E-state index in [0.717, 1.165) is 18.4 Å². The zero-order valence-electron chi connectivity index (χ0n) is 35.3. The number of carbonyl (C=O) groups is 2. The van der Waals surface area contributed by atoms with Gasteiger partial charge < -0.3 is 5.32 Å². The number of aromatic nitrogens is 5. The Hall–Kier alpha value is -5.05. The number of hydrogen-bond acceptors (Lipinski definition) is 7. The highest BCUT2D eigenvalue weighted by atomic mass is 35.5. The average molecular weight is 1020 g/mol. The smallest absolute Gasteiger partial charge is 0.346 e. The summed E-state index contributed by atoms with van der Waals surface area (Å²) in [6.07, 6.45) is -10.2. The van der Waals surface area contributed by atoms with Gasteiger partial charge in [0.05, 0.1) is 27.7 Å². The molecule has 3 unspecified atom stereocenters. The number of benzene rings is 2. The van der Waals surface area contributed by atoms with Crippen LogP contribution in [0.5, 0.6) is 0 Å². The van der Waals surface area contributed by atoms with E-state index in [9.17, 15) is 53.1 Å². The minimum Gasteiger partial charge on any atom is -0.346 e. The summed E-state index contributed by atoms with van der Waals surface area (Å²) in [4.78, 5) is 31.0. The molecule has 0 fully saturated rings. The highest BCUT2D eigenvalue weighted by Gasteiger charge is 2.50. The summed E-state index contributed by atoms with van der Waals surface area (Å²) < 4.78 is 169. The molecular weight excluding hydrogens is 980 g/mol. The van der Waals surface area contributed by atoms with Crippen LogP contribution in [0.2, 0.25) is 5.02 Å². The Kier molecular flexibility index (Phi) is 15.5. The van der Waals surface area contributed by atoms with Crippen molar-refractivity contribution in [1.29, 1.82) is 0 Å². The molecule has 25 heteroatoms. The zero-order chi connectivity index (χ0) is 49.4. The van der Waals surface area contributed by atoms with Gasteiger partial charge in [0, 0.05) is 52.5 Å². The standard InChI is InChI=1S/C39H31Cl2F10N7O4S2.C2H6/c1-36(2,63(3)61)11-9-22-5-6-23(24-7-8-26(40)29-31(24)57(18-38(46,47)48)55-34(29)58(35(41)60)64(4)62)30(52-22)27(15-19-13-20(42)16-21(43)14-19)53-28(59)17-56-33-25(10-12-37(33,44)45)32(54-56)39(49,50)51;1-2/h5-8,13-14,16,27H,10,12,15,17-18H2,1-4H3,(H,53,59);1-2H3. The molecule has 1 aliphatic carbocycles. The van der Waals surface area contributed by atoms with Crippen LogP contribution in [0.1, 0.15) is 74.1 Å². The van der Waals surface area contributed by atoms with E-state index in [1.807, 2.05) is 13.8 Å². The van der Waals surface area contributed by atoms with Gasteiger partial charge in [-0.3, -0.25) is 23.2 Å². The van der Waals surface area contributed by atoms with E-state index >= 15 is 8.78 Å². The van der Waals surface area contributed by atoms with Crippen molar-refractivity contribution in [3.8, 4) is 23.0 Å². The fourth-order valence-electron chi connectivity index (χ4n) is 6.98. The number of rotatable bonds is 11. The molecule has 0 spiro atoms. The lowest BCUT2D eigenvalue weighted by molar-refractivity contribution is -0.142. The van der Waals surface area contributed by atoms with Crippen LogP contribution >= 0.6 is 23.2 Å². The summed E-state index contributed by atoms with van der Waals surface area (Å²) in [5.41, 5.74) is -5.08. The monoisotopic (exact) mass is 1020 g/mol. The van der Waals surface area contributed by atoms with Crippen LogP contribution in [0.3, 0.4) is 0 Å². The van der Waals surface area contributed by atoms with Gasteiger partial charge in [-0.25, -0.2) is 18.0 Å². The van der Waals surface area contributed by atoms with E-state index in [2.05, 4.69) is 32.3 Å². The van der Waals surface area contributed by atoms with Crippen LogP contribution in [0.15, 0.2) is 42.5 Å². The van der Waals surface area contributed by atoms with E-state index in [-0.39, 0.29) is 43.2 Å². The number of hydrogen-bond donors (Lipinski definition) is 1. The Morgan fingerprint density at radius 2 is 1.58 bits per heavy atom. The Labute approximate surface area is 385 Å². The molecular formula is C41H37Cl2F10N7O4S2. The number of nitrogens with one attached hydrogen (secondary N) is 1. The van der Waals surface area contributed by atoms with Crippen LogP contribution in [0, 0.1) is 23.5 Å². The van der Waals surface area contributed by atoms with Crippen molar-refractivity contribution in [1.82, 2.24) is 29.9 Å². The molecule has 6 rings (SSSR count). The number of pyridine rings is 1. The SMILES string of the molecule is CC.CS(=O)N(C(=O)Cl)c1nn(CC(F)(F)F)c2c(-c3ccc(C#CC(C)(C)S(C)=O)nc3C(Cc3cc(F)cc(F)c3)NC(=O)Cn3nc(C(F)(F)F)c4c3C(F)(F)CC4)ccc(Cl)c12. The third-order valence-corrected chi connectivity index (χ3v) is 12.8. The molecule has 2 amide bonds. The number of carbonyl (C=O) groups excluding carboxylic acids is 2. The maximum atomic E-state index is 15.1. The molecule has 11 nitrogen and oxygen atoms in total. The van der Waals surface area contributed by atoms with Crippen LogP contribution in [0.25, 0.3) is 22.0 Å². The van der Waals surface area contributed by atoms with E-state index < -0.39 is 134 Å². The Morgan fingerprint density at radius 3 is 2.14 bits per heavy atom. The molecule has 3 heterocycles. The van der Waals surface area contributed by atoms with E-state index in [0.29, 0.717) is 15.1 Å². The lowest BCUT2D eigenvalue weighted by Crippen LogP contribution is -2.35. The molecule has 3 aromatic heterocycles. The van der Waals surface area contributed by atoms with Crippen molar-refractivity contribution in [2.45, 2.75) is 89.1 Å². The lowest BCUT2D eigenvalue weighted by Gasteiger charge is -2.23. The number of fused-ring (bicyclic) bond motifs is 2. The molecule has 1 N–H and O–H groups in total. The number of nitrogens with zero attached hydrogens (tertiary/aromatic N) is 6. The zero-order valence-corrected chi connectivity index (χ0v) is 38.5. The number of alkyl halides is 8. The molecule has 0 aliphatic heterocycles. The topological polar surface area (TPSA) is 132 Å². The maximum Gasteiger partial charge on any atom is 0.435 e. The van der Waals surface area contributed by atoms with Gasteiger partial charge in [0.1, 0.15) is 51.8 Å². The van der Waals surface area contributed by atoms with E-state index in [1.165, 1.54) is 44.4 Å². The third kappa shape index (κ3) is 11.4. The second-order valence-corrected chi connectivity index (χ2v) is 18.7. The second-order valence-electron chi connectivity index (χ2n) is 14.9. The first-order valence-electron chi connectivity index (χ1n) is 19.3. The fourth-order valence-corrected chi connectivity index (χ4v) is 8.36. The average Bonchev–Trinajstić information content (AvgIpc) is 3.85. The van der Waals surface area contributed by atoms with E-state index in [1.54, 1.807) is 0 Å². The first-order valence-corrected chi connectivity index (χ1v) is 23.2. The normalized spacial score (nSPS) is 14.9. The Bertz CT molecular complexity index is 2790. The number of halogens is 12. The number of amides is 2. The largest absolute Gasteiger partial charge is 0.435 e. The number of anilines is 1. The Morgan fingerprint density at radius 1 is 0.955 bits per heavy atom. The predicted octanol–water partition coefficient (Wildman–Crippen LogP) is 9.94. The summed E-state index contributed by atoms with van der Waals surface area (Å²) in [5, 5.41) is 7.59. The third-order valence-electron chi connectivity index (χ3n) is 9.86. The second kappa shape index (κ2) is 19.7. The van der Waals surface area contributed by atoms with Crippen molar-refractivity contribution in [2.75, 3.05) is 16.8 Å². The molecule has 66 heavy (non-hydrogen) atoms. The van der Waals surface area contributed by atoms with Crippen molar-refractivity contribution in [3.63, 3.8) is 0 Å². The summed E-state index contributed by atoms with van der Waals surface area (Å²) >= 11 is 12.2. The minimum absolute atomic E-state index is 0.128. The molecule has 2 aromatic carbocycles. The van der Waals surface area contributed by atoms with Gasteiger partial charge in [0.25, 0.3) is 5.92 Å². The van der Waals surface area contributed by atoms with Crippen LogP contribution in [-0.4, -0.2) is 67.7 Å². The molecule has 0 bridgehead atoms. The van der Waals surface area contributed by atoms with Gasteiger partial charge in [-0.15, -0.1) is 0 Å². The first kappa shape index (κ1) is 51.9. The molecule has 3 atom stereocenters. The highest BCUT2D eigenvalue weighted by Crippen LogP contribution is 2.47. The summed E-state index contributed by atoms with van der Waals surface area (Å²) in [6.45, 7) is 3.98. The molecule has 356 valence electrons. The van der Waals surface area contributed by atoms with Crippen molar-refractivity contribution in [2.24, 2.45) is 0 Å². The minimum atomic E-state index is -5.18. The predicted molar refractivity (Wildman–Crippen MR) is 229 cm³/mol. The molecule has 0 saturated carbocycles. The van der Waals surface area contributed by atoms with E-state index in [4.69, 9.17) is 23.2 Å². The quantitative estimate of drug-likeness (QED) is 0.0603. The van der Waals surface area contributed by atoms with Crippen LogP contribution < -0.4 is 9.62 Å². The molecule has 1 aliphatic rings. The van der Waals surface area contributed by atoms with Crippen molar-refractivity contribution in [3.05, 3.63) is 93.0 Å². The lowest BCUT2D eigenvalue weighted by atomic mass is 9.93. The summed E-state index contributed by atoms with van der Waals surface area (Å²) in [7, 11) is -3.87. The fraction of sp³-hybridized carbons (Fsp3) is 0.390. The summed E-state index contributed by atoms with van der Waals surface area (Å²) in [5.74, 6) is -2.43. The first-order chi connectivity index (χ1) is 30.6. The molecule has 0 radical (unpaired) electrons. The maximum absolute atomic E-state index is 15.1. The van der Waals surface area contributed by atoms with Gasteiger partial charge in [0.15, 0.2) is 11.5 Å². The molecule has 0 saturated heterocycles. The van der Waals surface area contributed by atoms with Gasteiger partial charge in [-0.05, 0) is 80.1 Å². The van der Waals surface area contributed by atoms with Gasteiger partial charge in [-0.2, -0.15) is 49.6 Å². The van der Waals surface area contributed by atoms with Crippen LogP contribution in [-0.2, 0) is 64.6 Å². The van der Waals surface area contributed by atoms with Crippen LogP contribution in [0.4, 0.5) is 54.5 Å². The summed E-state index contributed by atoms with van der Waals surface area (Å²) in [6, 6.07) is 5.47. The van der Waals surface area contributed by atoms with Crippen molar-refractivity contribution < 1.29 is 61.9 Å². The molecule has 5 aromatic rings. The van der Waals surface area contributed by atoms with Gasteiger partial charge in [0.2, 0.25) is 5.91 Å².